The van der Waals surface area contributed by atoms with E-state index in [4.69, 9.17) is 0 Å². The van der Waals surface area contributed by atoms with Crippen molar-refractivity contribution in [1.29, 1.82) is 0 Å². The van der Waals surface area contributed by atoms with Crippen molar-refractivity contribution < 1.29 is 9.90 Å². The van der Waals surface area contributed by atoms with Gasteiger partial charge in [0.1, 0.15) is 0 Å². The zero-order chi connectivity index (χ0) is 10.6. The van der Waals surface area contributed by atoms with Crippen molar-refractivity contribution in [2.45, 2.75) is 58.3 Å². The Morgan fingerprint density at radius 2 is 1.57 bits per heavy atom. The van der Waals surface area contributed by atoms with Gasteiger partial charge in [0.15, 0.2) is 0 Å². The lowest BCUT2D eigenvalue weighted by atomic mass is 10.1. The van der Waals surface area contributed by atoms with Crippen molar-refractivity contribution in [2.75, 3.05) is 0 Å². The molecular formula is C12H21O2. The summed E-state index contributed by atoms with van der Waals surface area (Å²) in [5.74, 6) is -1.09. The molecule has 1 radical (unpaired) electrons. The molecule has 0 saturated heterocycles. The maximum atomic E-state index is 10.0. The van der Waals surface area contributed by atoms with Gasteiger partial charge in [-0.1, -0.05) is 51.5 Å². The Bertz CT molecular complexity index is 162. The second kappa shape index (κ2) is 10.3. The van der Waals surface area contributed by atoms with Gasteiger partial charge < -0.3 is 0 Å². The first kappa shape index (κ1) is 13.2. The van der Waals surface area contributed by atoms with E-state index in [0.717, 1.165) is 18.9 Å². The van der Waals surface area contributed by atoms with Crippen molar-refractivity contribution in [3.63, 3.8) is 0 Å². The lowest BCUT2D eigenvalue weighted by molar-refractivity contribution is -0.137. The minimum Gasteiger partial charge on any atom is -0.242 e. The smallest absolute Gasteiger partial charge is 0.242 e. The van der Waals surface area contributed by atoms with Crippen LogP contribution in [0, 0.1) is 0 Å². The fourth-order valence-corrected chi connectivity index (χ4v) is 1.40. The Balaban J connectivity index is 3.02. The van der Waals surface area contributed by atoms with Crippen LogP contribution in [0.4, 0.5) is 0 Å². The van der Waals surface area contributed by atoms with Gasteiger partial charge in [0.25, 0.3) is 0 Å². The molecule has 0 amide bonds. The summed E-state index contributed by atoms with van der Waals surface area (Å²) < 4.78 is 0. The molecule has 0 N–H and O–H groups in total. The van der Waals surface area contributed by atoms with Crippen LogP contribution in [-0.4, -0.2) is 5.97 Å². The molecule has 0 aliphatic carbocycles. The van der Waals surface area contributed by atoms with Crippen LogP contribution in [0.5, 0.6) is 0 Å². The van der Waals surface area contributed by atoms with Gasteiger partial charge in [0.2, 0.25) is 0 Å². The molecule has 2 nitrogen and oxygen atoms in total. The zero-order valence-electron chi connectivity index (χ0n) is 9.13. The molecular weight excluding hydrogens is 176 g/mol. The molecule has 0 spiro atoms. The highest BCUT2D eigenvalue weighted by atomic mass is 16.4. The SMILES string of the molecule is CCCCCCCCC/C=C/C([O])=O. The monoisotopic (exact) mass is 197 g/mol. The first-order chi connectivity index (χ1) is 6.77. The third-order valence-corrected chi connectivity index (χ3v) is 2.23. The summed E-state index contributed by atoms with van der Waals surface area (Å²) in [6.07, 6.45) is 12.5. The molecule has 0 heterocycles. The summed E-state index contributed by atoms with van der Waals surface area (Å²) in [6.45, 7) is 2.21. The van der Waals surface area contributed by atoms with Crippen LogP contribution in [0.1, 0.15) is 58.3 Å². The van der Waals surface area contributed by atoms with Gasteiger partial charge in [-0.05, 0) is 12.8 Å². The number of carbonyl (C=O) groups is 1. The molecule has 0 aliphatic heterocycles. The second-order valence-corrected chi connectivity index (χ2v) is 3.63. The van der Waals surface area contributed by atoms with E-state index in [1.54, 1.807) is 6.08 Å². The molecule has 0 atom stereocenters. The van der Waals surface area contributed by atoms with Crippen LogP contribution in [0.3, 0.4) is 0 Å². The normalized spacial score (nSPS) is 10.9. The van der Waals surface area contributed by atoms with Gasteiger partial charge in [-0.3, -0.25) is 0 Å². The Hall–Kier alpha value is -0.790. The Labute approximate surface area is 87.0 Å². The minimum absolute atomic E-state index is 0.863. The van der Waals surface area contributed by atoms with E-state index in [1.807, 2.05) is 0 Å². The second-order valence-electron chi connectivity index (χ2n) is 3.63. The number of hydrogen-bond donors (Lipinski definition) is 0. The highest BCUT2D eigenvalue weighted by molar-refractivity contribution is 5.79. The predicted octanol–water partition coefficient (Wildman–Crippen LogP) is 3.64. The molecule has 0 aliphatic rings. The summed E-state index contributed by atoms with van der Waals surface area (Å²) in [7, 11) is 0. The Morgan fingerprint density at radius 3 is 2.14 bits per heavy atom. The molecule has 0 aromatic heterocycles. The highest BCUT2D eigenvalue weighted by Crippen LogP contribution is 2.08. The van der Waals surface area contributed by atoms with Gasteiger partial charge in [-0.25, -0.2) is 9.90 Å². The molecule has 81 valence electrons. The molecule has 0 aromatic rings. The van der Waals surface area contributed by atoms with E-state index in [9.17, 15) is 9.90 Å². The number of hydrogen-bond acceptors (Lipinski definition) is 1. The number of rotatable bonds is 9. The van der Waals surface area contributed by atoms with E-state index in [2.05, 4.69) is 6.92 Å². The van der Waals surface area contributed by atoms with E-state index < -0.39 is 5.97 Å². The summed E-state index contributed by atoms with van der Waals surface area (Å²) in [5.41, 5.74) is 0. The topological polar surface area (TPSA) is 37.0 Å². The molecule has 0 saturated carbocycles. The van der Waals surface area contributed by atoms with Crippen molar-refractivity contribution in [2.24, 2.45) is 0 Å². The largest absolute Gasteiger partial charge is 0.378 e. The number of unbranched alkanes of at least 4 members (excludes halogenated alkanes) is 7. The van der Waals surface area contributed by atoms with Gasteiger partial charge in [-0.15, -0.1) is 0 Å². The lowest BCUT2D eigenvalue weighted by Crippen LogP contribution is -1.83. The third-order valence-electron chi connectivity index (χ3n) is 2.23. The van der Waals surface area contributed by atoms with Crippen LogP contribution in [0.2, 0.25) is 0 Å². The fraction of sp³-hybridized carbons (Fsp3) is 0.750. The fourth-order valence-electron chi connectivity index (χ4n) is 1.40. The van der Waals surface area contributed by atoms with Crippen LogP contribution >= 0.6 is 0 Å². The molecule has 0 fully saturated rings. The zero-order valence-corrected chi connectivity index (χ0v) is 9.13. The maximum Gasteiger partial charge on any atom is 0.378 e. The van der Waals surface area contributed by atoms with E-state index in [0.29, 0.717) is 0 Å². The van der Waals surface area contributed by atoms with Crippen LogP contribution in [-0.2, 0) is 9.90 Å². The van der Waals surface area contributed by atoms with Gasteiger partial charge >= 0.3 is 5.97 Å². The van der Waals surface area contributed by atoms with E-state index in [1.165, 1.54) is 38.5 Å². The Kier molecular flexibility index (Phi) is 9.71. The van der Waals surface area contributed by atoms with E-state index in [-0.39, 0.29) is 0 Å². The summed E-state index contributed by atoms with van der Waals surface area (Å²) in [6, 6.07) is 0. The Morgan fingerprint density at radius 1 is 1.00 bits per heavy atom. The van der Waals surface area contributed by atoms with Gasteiger partial charge in [0.05, 0.1) is 0 Å². The first-order valence-corrected chi connectivity index (χ1v) is 5.65. The standard InChI is InChI=1S/C12H21O2/c1-2-3-4-5-6-7-8-9-10-11-12(13)14/h10-11H,2-9H2,1H3/b11-10+. The summed E-state index contributed by atoms with van der Waals surface area (Å²) in [5, 5.41) is 10.0. The van der Waals surface area contributed by atoms with Crippen molar-refractivity contribution in [3.05, 3.63) is 12.2 Å². The average Bonchev–Trinajstić information content (AvgIpc) is 2.15. The van der Waals surface area contributed by atoms with Crippen LogP contribution < -0.4 is 0 Å². The van der Waals surface area contributed by atoms with Crippen molar-refractivity contribution in [3.8, 4) is 0 Å². The van der Waals surface area contributed by atoms with Gasteiger partial charge in [-0.2, -0.15) is 0 Å². The molecule has 0 bridgehead atoms. The molecule has 0 unspecified atom stereocenters. The molecule has 14 heavy (non-hydrogen) atoms. The molecule has 0 aromatic carbocycles. The third kappa shape index (κ3) is 11.2. The quantitative estimate of drug-likeness (QED) is 0.410. The van der Waals surface area contributed by atoms with Crippen molar-refractivity contribution >= 4 is 5.97 Å². The minimum atomic E-state index is -1.09. The van der Waals surface area contributed by atoms with Crippen molar-refractivity contribution in [1.82, 2.24) is 0 Å². The average molecular weight is 197 g/mol. The summed E-state index contributed by atoms with van der Waals surface area (Å²) in [4.78, 5) is 10.0. The predicted molar refractivity (Wildman–Crippen MR) is 57.4 cm³/mol. The molecule has 2 heteroatoms. The molecule has 0 rings (SSSR count). The van der Waals surface area contributed by atoms with Crippen LogP contribution in [0.25, 0.3) is 0 Å². The van der Waals surface area contributed by atoms with Crippen LogP contribution in [0.15, 0.2) is 12.2 Å². The number of allylic oxidation sites excluding steroid dienone is 1. The lowest BCUT2D eigenvalue weighted by Gasteiger charge is -1.98. The van der Waals surface area contributed by atoms with E-state index >= 15 is 0 Å². The summed E-state index contributed by atoms with van der Waals surface area (Å²) >= 11 is 0. The first-order valence-electron chi connectivity index (χ1n) is 5.65. The number of carbonyl (C=O) groups excluding carboxylic acids is 1. The highest BCUT2D eigenvalue weighted by Gasteiger charge is 1.90. The maximum absolute atomic E-state index is 10.0. The van der Waals surface area contributed by atoms with Gasteiger partial charge in [0, 0.05) is 6.08 Å².